The number of hydrogen-bond acceptors (Lipinski definition) is 5. The van der Waals surface area contributed by atoms with Crippen molar-refractivity contribution in [1.29, 1.82) is 0 Å². The minimum Gasteiger partial charge on any atom is -0.310 e. The van der Waals surface area contributed by atoms with E-state index in [1.165, 1.54) is 29.2 Å². The van der Waals surface area contributed by atoms with Crippen LogP contribution in [0.4, 0.5) is 4.39 Å². The zero-order chi connectivity index (χ0) is 13.0. The van der Waals surface area contributed by atoms with Gasteiger partial charge in [-0.25, -0.2) is 4.39 Å². The van der Waals surface area contributed by atoms with Crippen LogP contribution in [0.1, 0.15) is 25.5 Å². The van der Waals surface area contributed by atoms with Crippen molar-refractivity contribution in [3.63, 3.8) is 0 Å². The summed E-state index contributed by atoms with van der Waals surface area (Å²) in [5.74, 6) is -0.211. The fraction of sp³-hybridized carbons (Fsp3) is 0.333. The van der Waals surface area contributed by atoms with Gasteiger partial charge in [-0.3, -0.25) is 0 Å². The molecule has 1 atom stereocenters. The normalized spacial score (nSPS) is 12.6. The second-order valence-corrected chi connectivity index (χ2v) is 5.83. The summed E-state index contributed by atoms with van der Waals surface area (Å²) in [5.41, 5.74) is 2.60. The van der Waals surface area contributed by atoms with Gasteiger partial charge >= 0.3 is 0 Å². The van der Waals surface area contributed by atoms with Gasteiger partial charge in [-0.2, -0.15) is 0 Å². The topological polar surface area (TPSA) is 37.8 Å². The van der Waals surface area contributed by atoms with Gasteiger partial charge in [-0.1, -0.05) is 42.2 Å². The van der Waals surface area contributed by atoms with E-state index in [-0.39, 0.29) is 11.9 Å². The lowest BCUT2D eigenvalue weighted by Gasteiger charge is -2.16. The molecular weight excluding hydrogens is 269 g/mol. The Kier molecular flexibility index (Phi) is 4.68. The quantitative estimate of drug-likeness (QED) is 0.911. The van der Waals surface area contributed by atoms with Crippen molar-refractivity contribution in [1.82, 2.24) is 15.5 Å². The molecule has 0 bridgehead atoms. The molecule has 0 saturated heterocycles. The molecular formula is C12H14FN3S2. The Hall–Kier alpha value is -0.980. The van der Waals surface area contributed by atoms with Crippen LogP contribution in [0.15, 0.2) is 32.9 Å². The molecule has 0 radical (unpaired) electrons. The monoisotopic (exact) mass is 283 g/mol. The van der Waals surface area contributed by atoms with E-state index in [0.29, 0.717) is 4.90 Å². The Morgan fingerprint density at radius 1 is 1.50 bits per heavy atom. The molecule has 0 aliphatic heterocycles. The van der Waals surface area contributed by atoms with E-state index in [1.54, 1.807) is 11.6 Å². The van der Waals surface area contributed by atoms with Crippen LogP contribution in [0.25, 0.3) is 0 Å². The lowest BCUT2D eigenvalue weighted by Crippen LogP contribution is -2.18. The molecule has 0 fully saturated rings. The maximum Gasteiger partial charge on any atom is 0.178 e. The van der Waals surface area contributed by atoms with Crippen LogP contribution in [-0.2, 0) is 0 Å². The molecule has 0 spiro atoms. The van der Waals surface area contributed by atoms with Gasteiger partial charge in [0.2, 0.25) is 0 Å². The number of rotatable bonds is 5. The van der Waals surface area contributed by atoms with Crippen molar-refractivity contribution < 1.29 is 4.39 Å². The Labute approximate surface area is 114 Å². The van der Waals surface area contributed by atoms with Crippen molar-refractivity contribution >= 4 is 23.1 Å². The molecule has 2 aromatic rings. The van der Waals surface area contributed by atoms with Gasteiger partial charge in [0, 0.05) is 6.04 Å². The molecule has 2 rings (SSSR count). The van der Waals surface area contributed by atoms with Gasteiger partial charge in [-0.15, -0.1) is 10.2 Å². The molecule has 0 amide bonds. The molecule has 18 heavy (non-hydrogen) atoms. The molecule has 96 valence electrons. The van der Waals surface area contributed by atoms with E-state index in [0.717, 1.165) is 16.4 Å². The number of aromatic nitrogens is 2. The lowest BCUT2D eigenvalue weighted by molar-refractivity contribution is 0.558. The number of hydrogen-bond donors (Lipinski definition) is 1. The van der Waals surface area contributed by atoms with Crippen LogP contribution in [0, 0.1) is 5.82 Å². The summed E-state index contributed by atoms with van der Waals surface area (Å²) in [7, 11) is 0. The summed E-state index contributed by atoms with van der Waals surface area (Å²) in [6, 6.07) is 5.27. The first-order valence-corrected chi connectivity index (χ1v) is 7.37. The van der Waals surface area contributed by atoms with Gasteiger partial charge in [0.05, 0.1) is 4.90 Å². The number of halogens is 1. The molecule has 1 N–H and O–H groups in total. The van der Waals surface area contributed by atoms with Crippen molar-refractivity contribution in [2.75, 3.05) is 6.54 Å². The minimum absolute atomic E-state index is 0.112. The molecule has 3 nitrogen and oxygen atoms in total. The van der Waals surface area contributed by atoms with Gasteiger partial charge in [-0.05, 0) is 25.1 Å². The Bertz CT molecular complexity index is 502. The molecule has 1 aromatic carbocycles. The highest BCUT2D eigenvalue weighted by Crippen LogP contribution is 2.35. The summed E-state index contributed by atoms with van der Waals surface area (Å²) < 4.78 is 14.7. The highest BCUT2D eigenvalue weighted by Gasteiger charge is 2.15. The maximum atomic E-state index is 14.0. The highest BCUT2D eigenvalue weighted by atomic mass is 32.2. The standard InChI is InChI=1S/C12H14FN3S2/c1-3-14-8(2)9-5-4-6-10(13)11(9)18-12-16-15-7-17-12/h4-8,14H,3H2,1-2H3. The van der Waals surface area contributed by atoms with Crippen LogP contribution in [-0.4, -0.2) is 16.7 Å². The van der Waals surface area contributed by atoms with Crippen LogP contribution >= 0.6 is 23.1 Å². The van der Waals surface area contributed by atoms with E-state index in [9.17, 15) is 4.39 Å². The number of nitrogens with one attached hydrogen (secondary N) is 1. The molecule has 0 aliphatic rings. The van der Waals surface area contributed by atoms with E-state index in [4.69, 9.17) is 0 Å². The van der Waals surface area contributed by atoms with E-state index >= 15 is 0 Å². The average molecular weight is 283 g/mol. The summed E-state index contributed by atoms with van der Waals surface area (Å²) in [6.07, 6.45) is 0. The molecule has 1 aromatic heterocycles. The predicted molar refractivity (Wildman–Crippen MR) is 72.5 cm³/mol. The SMILES string of the molecule is CCNC(C)c1cccc(F)c1Sc1nncs1. The zero-order valence-corrected chi connectivity index (χ0v) is 11.8. The summed E-state index contributed by atoms with van der Waals surface area (Å²) in [5, 5.41) is 11.0. The van der Waals surface area contributed by atoms with Crippen molar-refractivity contribution in [2.24, 2.45) is 0 Å². The van der Waals surface area contributed by atoms with Gasteiger partial charge in [0.15, 0.2) is 4.34 Å². The third kappa shape index (κ3) is 3.07. The minimum atomic E-state index is -0.211. The Balaban J connectivity index is 2.32. The zero-order valence-electron chi connectivity index (χ0n) is 10.2. The first-order valence-electron chi connectivity index (χ1n) is 5.68. The van der Waals surface area contributed by atoms with Crippen LogP contribution in [0.2, 0.25) is 0 Å². The fourth-order valence-electron chi connectivity index (χ4n) is 1.69. The second kappa shape index (κ2) is 6.26. The predicted octanol–water partition coefficient (Wildman–Crippen LogP) is 3.50. The van der Waals surface area contributed by atoms with Crippen molar-refractivity contribution in [3.05, 3.63) is 35.1 Å². The highest BCUT2D eigenvalue weighted by molar-refractivity contribution is 8.01. The van der Waals surface area contributed by atoms with Gasteiger partial charge < -0.3 is 5.32 Å². The smallest absolute Gasteiger partial charge is 0.178 e. The van der Waals surface area contributed by atoms with Crippen LogP contribution in [0.3, 0.4) is 0 Å². The molecule has 0 saturated carbocycles. The molecule has 1 heterocycles. The molecule has 0 aliphatic carbocycles. The average Bonchev–Trinajstić information content (AvgIpc) is 2.85. The summed E-state index contributed by atoms with van der Waals surface area (Å²) in [4.78, 5) is 0.628. The van der Waals surface area contributed by atoms with Crippen LogP contribution < -0.4 is 5.32 Å². The summed E-state index contributed by atoms with van der Waals surface area (Å²) >= 11 is 2.75. The maximum absolute atomic E-state index is 14.0. The third-order valence-electron chi connectivity index (χ3n) is 2.50. The third-order valence-corrected chi connectivity index (χ3v) is 4.42. The Morgan fingerprint density at radius 3 is 3.00 bits per heavy atom. The lowest BCUT2D eigenvalue weighted by atomic mass is 10.1. The first kappa shape index (κ1) is 13.5. The second-order valence-electron chi connectivity index (χ2n) is 3.74. The van der Waals surface area contributed by atoms with E-state index < -0.39 is 0 Å². The van der Waals surface area contributed by atoms with E-state index in [2.05, 4.69) is 15.5 Å². The van der Waals surface area contributed by atoms with Crippen molar-refractivity contribution in [2.45, 2.75) is 29.1 Å². The van der Waals surface area contributed by atoms with Crippen molar-refractivity contribution in [3.8, 4) is 0 Å². The molecule has 1 unspecified atom stereocenters. The van der Waals surface area contributed by atoms with E-state index in [1.807, 2.05) is 19.9 Å². The summed E-state index contributed by atoms with van der Waals surface area (Å²) in [6.45, 7) is 4.91. The fourth-order valence-corrected chi connectivity index (χ4v) is 3.33. The number of benzene rings is 1. The molecule has 6 heteroatoms. The van der Waals surface area contributed by atoms with Gasteiger partial charge in [0.1, 0.15) is 11.3 Å². The first-order chi connectivity index (χ1) is 8.72. The largest absolute Gasteiger partial charge is 0.310 e. The van der Waals surface area contributed by atoms with Gasteiger partial charge in [0.25, 0.3) is 0 Å². The Morgan fingerprint density at radius 2 is 2.33 bits per heavy atom. The number of nitrogens with zero attached hydrogens (tertiary/aromatic N) is 2. The van der Waals surface area contributed by atoms with Crippen LogP contribution in [0.5, 0.6) is 0 Å².